The Kier molecular flexibility index (Phi) is 4.07. The van der Waals surface area contributed by atoms with Crippen molar-refractivity contribution in [3.05, 3.63) is 34.4 Å². The Morgan fingerprint density at radius 1 is 1.44 bits per heavy atom. The zero-order valence-electron chi connectivity index (χ0n) is 9.83. The van der Waals surface area contributed by atoms with Gasteiger partial charge in [0.25, 0.3) is 0 Å². The molecule has 0 heterocycles. The van der Waals surface area contributed by atoms with Crippen molar-refractivity contribution in [2.75, 3.05) is 6.61 Å². The number of esters is 1. The first kappa shape index (κ1) is 12.3. The van der Waals surface area contributed by atoms with Crippen LogP contribution in [0.15, 0.2) is 12.1 Å². The number of ether oxygens (including phenoxy) is 1. The molecule has 0 aliphatic carbocycles. The van der Waals surface area contributed by atoms with E-state index in [0.29, 0.717) is 17.7 Å². The summed E-state index contributed by atoms with van der Waals surface area (Å²) >= 11 is 0. The first-order valence-corrected chi connectivity index (χ1v) is 5.35. The van der Waals surface area contributed by atoms with Crippen molar-refractivity contribution in [3.63, 3.8) is 0 Å². The van der Waals surface area contributed by atoms with Crippen molar-refractivity contribution >= 4 is 5.97 Å². The van der Waals surface area contributed by atoms with Gasteiger partial charge in [0, 0.05) is 0 Å². The minimum atomic E-state index is -0.320. The molecule has 0 saturated heterocycles. The Labute approximate surface area is 95.7 Å². The molecular formula is C13H15NO2. The summed E-state index contributed by atoms with van der Waals surface area (Å²) in [4.78, 5) is 11.6. The van der Waals surface area contributed by atoms with Crippen LogP contribution in [0.2, 0.25) is 0 Å². The van der Waals surface area contributed by atoms with Gasteiger partial charge >= 0.3 is 5.97 Å². The predicted molar refractivity (Wildman–Crippen MR) is 61.2 cm³/mol. The van der Waals surface area contributed by atoms with Gasteiger partial charge in [-0.15, -0.1) is 0 Å². The maximum absolute atomic E-state index is 11.6. The highest BCUT2D eigenvalue weighted by Gasteiger charge is 2.14. The van der Waals surface area contributed by atoms with Crippen LogP contribution in [-0.2, 0) is 11.2 Å². The number of rotatable bonds is 3. The highest BCUT2D eigenvalue weighted by molar-refractivity contribution is 5.91. The molecule has 3 nitrogen and oxygen atoms in total. The van der Waals surface area contributed by atoms with Crippen molar-refractivity contribution in [2.45, 2.75) is 27.2 Å². The van der Waals surface area contributed by atoms with Gasteiger partial charge in [-0.05, 0) is 43.5 Å². The van der Waals surface area contributed by atoms with E-state index in [2.05, 4.69) is 6.07 Å². The number of nitrogens with zero attached hydrogens (tertiary/aromatic N) is 1. The number of carbonyl (C=O) groups excluding carboxylic acids is 1. The average Bonchev–Trinajstić information content (AvgIpc) is 2.28. The zero-order chi connectivity index (χ0) is 12.1. The highest BCUT2D eigenvalue weighted by Crippen LogP contribution is 2.19. The Balaban J connectivity index is 3.25. The molecule has 0 aliphatic rings. The molecule has 0 aromatic heterocycles. The smallest absolute Gasteiger partial charge is 0.338 e. The summed E-state index contributed by atoms with van der Waals surface area (Å²) in [6.07, 6.45) is 0.738. The zero-order valence-corrected chi connectivity index (χ0v) is 9.83. The van der Waals surface area contributed by atoms with Crippen LogP contribution in [-0.4, -0.2) is 12.6 Å². The molecule has 0 N–H and O–H groups in total. The quantitative estimate of drug-likeness (QED) is 0.731. The molecule has 0 spiro atoms. The molecule has 0 radical (unpaired) electrons. The lowest BCUT2D eigenvalue weighted by Crippen LogP contribution is -2.09. The third-order valence-corrected chi connectivity index (χ3v) is 2.57. The van der Waals surface area contributed by atoms with Gasteiger partial charge in [-0.2, -0.15) is 5.26 Å². The van der Waals surface area contributed by atoms with Gasteiger partial charge < -0.3 is 4.74 Å². The summed E-state index contributed by atoms with van der Waals surface area (Å²) in [5, 5.41) is 8.94. The van der Waals surface area contributed by atoms with Crippen molar-refractivity contribution in [2.24, 2.45) is 0 Å². The number of hydrogen-bond acceptors (Lipinski definition) is 3. The number of nitriles is 1. The number of benzene rings is 1. The standard InChI is InChI=1S/C13H15NO2/c1-4-11-9(3)12(13(15)16-5-2)7-6-10(11)8-14/h6-7H,4-5H2,1-3H3. The molecule has 0 bridgehead atoms. The van der Waals surface area contributed by atoms with Crippen molar-refractivity contribution in [1.29, 1.82) is 5.26 Å². The third-order valence-electron chi connectivity index (χ3n) is 2.57. The molecule has 84 valence electrons. The minimum Gasteiger partial charge on any atom is -0.462 e. The molecule has 1 rings (SSSR count). The fourth-order valence-electron chi connectivity index (χ4n) is 1.75. The van der Waals surface area contributed by atoms with E-state index in [1.807, 2.05) is 13.8 Å². The van der Waals surface area contributed by atoms with Crippen molar-refractivity contribution in [1.82, 2.24) is 0 Å². The maximum atomic E-state index is 11.6. The normalized spacial score (nSPS) is 9.62. The van der Waals surface area contributed by atoms with Crippen LogP contribution >= 0.6 is 0 Å². The Bertz CT molecular complexity index is 444. The molecule has 3 heteroatoms. The van der Waals surface area contributed by atoms with Gasteiger partial charge in [0.05, 0.1) is 23.8 Å². The lowest BCUT2D eigenvalue weighted by atomic mass is 9.96. The molecule has 0 atom stereocenters. The molecular weight excluding hydrogens is 202 g/mol. The Morgan fingerprint density at radius 3 is 2.62 bits per heavy atom. The second-order valence-corrected chi connectivity index (χ2v) is 3.45. The summed E-state index contributed by atoms with van der Waals surface area (Å²) in [6.45, 7) is 5.96. The van der Waals surface area contributed by atoms with E-state index in [4.69, 9.17) is 10.00 Å². The van der Waals surface area contributed by atoms with Crippen LogP contribution in [0.3, 0.4) is 0 Å². The lowest BCUT2D eigenvalue weighted by molar-refractivity contribution is 0.0525. The molecule has 0 unspecified atom stereocenters. The van der Waals surface area contributed by atoms with Gasteiger partial charge in [0.2, 0.25) is 0 Å². The average molecular weight is 217 g/mol. The molecule has 16 heavy (non-hydrogen) atoms. The van der Waals surface area contributed by atoms with Gasteiger partial charge in [-0.3, -0.25) is 0 Å². The van der Waals surface area contributed by atoms with Crippen LogP contribution in [0, 0.1) is 18.3 Å². The second-order valence-electron chi connectivity index (χ2n) is 3.45. The third kappa shape index (κ3) is 2.22. The van der Waals surface area contributed by atoms with Gasteiger partial charge in [-0.1, -0.05) is 6.92 Å². The fraction of sp³-hybridized carbons (Fsp3) is 0.385. The first-order valence-electron chi connectivity index (χ1n) is 5.35. The van der Waals surface area contributed by atoms with Crippen molar-refractivity contribution < 1.29 is 9.53 Å². The van der Waals surface area contributed by atoms with E-state index in [1.54, 1.807) is 19.1 Å². The van der Waals surface area contributed by atoms with E-state index < -0.39 is 0 Å². The largest absolute Gasteiger partial charge is 0.462 e. The second kappa shape index (κ2) is 5.32. The van der Waals surface area contributed by atoms with E-state index >= 15 is 0 Å². The fourth-order valence-corrected chi connectivity index (χ4v) is 1.75. The summed E-state index contributed by atoms with van der Waals surface area (Å²) in [6, 6.07) is 5.47. The van der Waals surface area contributed by atoms with Crippen LogP contribution in [0.1, 0.15) is 40.9 Å². The molecule has 0 saturated carbocycles. The summed E-state index contributed by atoms with van der Waals surface area (Å²) in [5.41, 5.74) is 2.96. The molecule has 1 aromatic carbocycles. The van der Waals surface area contributed by atoms with Crippen molar-refractivity contribution in [3.8, 4) is 6.07 Å². The summed E-state index contributed by atoms with van der Waals surface area (Å²) in [7, 11) is 0. The van der Waals surface area contributed by atoms with Crippen LogP contribution in [0.25, 0.3) is 0 Å². The van der Waals surface area contributed by atoms with Gasteiger partial charge in [0.15, 0.2) is 0 Å². The molecule has 0 fully saturated rings. The lowest BCUT2D eigenvalue weighted by Gasteiger charge is -2.10. The number of carbonyl (C=O) groups is 1. The topological polar surface area (TPSA) is 50.1 Å². The van der Waals surface area contributed by atoms with E-state index in [1.165, 1.54) is 0 Å². The summed E-state index contributed by atoms with van der Waals surface area (Å²) < 4.78 is 4.96. The van der Waals surface area contributed by atoms with Crippen LogP contribution in [0.5, 0.6) is 0 Å². The molecule has 1 aromatic rings. The summed E-state index contributed by atoms with van der Waals surface area (Å²) in [5.74, 6) is -0.320. The molecule has 0 amide bonds. The highest BCUT2D eigenvalue weighted by atomic mass is 16.5. The Hall–Kier alpha value is -1.82. The van der Waals surface area contributed by atoms with Gasteiger partial charge in [0.1, 0.15) is 0 Å². The predicted octanol–water partition coefficient (Wildman–Crippen LogP) is 2.61. The monoisotopic (exact) mass is 217 g/mol. The molecule has 0 aliphatic heterocycles. The Morgan fingerprint density at radius 2 is 2.12 bits per heavy atom. The van der Waals surface area contributed by atoms with E-state index in [9.17, 15) is 4.79 Å². The van der Waals surface area contributed by atoms with E-state index in [0.717, 1.165) is 17.5 Å². The number of hydrogen-bond donors (Lipinski definition) is 0. The van der Waals surface area contributed by atoms with Crippen LogP contribution in [0.4, 0.5) is 0 Å². The van der Waals surface area contributed by atoms with E-state index in [-0.39, 0.29) is 5.97 Å². The minimum absolute atomic E-state index is 0.320. The maximum Gasteiger partial charge on any atom is 0.338 e. The first-order chi connectivity index (χ1) is 7.65. The van der Waals surface area contributed by atoms with Crippen LogP contribution < -0.4 is 0 Å². The SMILES string of the molecule is CCOC(=O)c1ccc(C#N)c(CC)c1C. The van der Waals surface area contributed by atoms with Gasteiger partial charge in [-0.25, -0.2) is 4.79 Å².